The lowest BCUT2D eigenvalue weighted by atomic mass is 10.3. The van der Waals surface area contributed by atoms with Gasteiger partial charge in [0.15, 0.2) is 0 Å². The van der Waals surface area contributed by atoms with Crippen molar-refractivity contribution in [3.8, 4) is 11.6 Å². The molecular formula is C11H7Cl3N2O. The van der Waals surface area contributed by atoms with E-state index in [0.29, 0.717) is 26.5 Å². The molecule has 17 heavy (non-hydrogen) atoms. The SMILES string of the molecule is Nc1cnc(Oc2cc(Cl)ccc2Cl)c(Cl)c1. The van der Waals surface area contributed by atoms with E-state index in [1.165, 1.54) is 6.20 Å². The maximum absolute atomic E-state index is 5.95. The second-order valence-corrected chi connectivity index (χ2v) is 4.48. The Morgan fingerprint density at radius 3 is 2.53 bits per heavy atom. The zero-order valence-corrected chi connectivity index (χ0v) is 10.7. The lowest BCUT2D eigenvalue weighted by Gasteiger charge is -2.08. The Bertz CT molecular complexity index is 560. The van der Waals surface area contributed by atoms with Crippen LogP contribution in [0, 0.1) is 0 Å². The number of nitrogens with two attached hydrogens (primary N) is 1. The van der Waals surface area contributed by atoms with Crippen LogP contribution >= 0.6 is 34.8 Å². The molecule has 1 heterocycles. The number of ether oxygens (including phenoxy) is 1. The highest BCUT2D eigenvalue weighted by molar-refractivity contribution is 6.34. The van der Waals surface area contributed by atoms with Gasteiger partial charge in [-0.3, -0.25) is 0 Å². The van der Waals surface area contributed by atoms with E-state index in [4.69, 9.17) is 45.3 Å². The third-order valence-electron chi connectivity index (χ3n) is 1.93. The highest BCUT2D eigenvalue weighted by Gasteiger charge is 2.08. The van der Waals surface area contributed by atoms with Crippen molar-refractivity contribution in [2.24, 2.45) is 0 Å². The first-order chi connectivity index (χ1) is 8.06. The van der Waals surface area contributed by atoms with Crippen LogP contribution in [-0.4, -0.2) is 4.98 Å². The summed E-state index contributed by atoms with van der Waals surface area (Å²) in [5.41, 5.74) is 5.98. The molecular weight excluding hydrogens is 282 g/mol. The van der Waals surface area contributed by atoms with Crippen LogP contribution in [0.25, 0.3) is 0 Å². The Morgan fingerprint density at radius 1 is 1.06 bits per heavy atom. The Labute approximate surface area is 113 Å². The van der Waals surface area contributed by atoms with Gasteiger partial charge in [-0.05, 0) is 18.2 Å². The molecule has 0 radical (unpaired) electrons. The van der Waals surface area contributed by atoms with Crippen LogP contribution < -0.4 is 10.5 Å². The molecule has 2 N–H and O–H groups in total. The Morgan fingerprint density at radius 2 is 1.82 bits per heavy atom. The van der Waals surface area contributed by atoms with Crippen molar-refractivity contribution in [1.29, 1.82) is 0 Å². The molecule has 0 spiro atoms. The number of aromatic nitrogens is 1. The summed E-state index contributed by atoms with van der Waals surface area (Å²) in [7, 11) is 0. The fraction of sp³-hybridized carbons (Fsp3) is 0. The number of anilines is 1. The molecule has 6 heteroatoms. The number of nitrogens with zero attached hydrogens (tertiary/aromatic N) is 1. The number of hydrogen-bond acceptors (Lipinski definition) is 3. The Kier molecular flexibility index (Phi) is 3.62. The van der Waals surface area contributed by atoms with Gasteiger partial charge in [-0.1, -0.05) is 34.8 Å². The van der Waals surface area contributed by atoms with Gasteiger partial charge >= 0.3 is 0 Å². The van der Waals surface area contributed by atoms with Gasteiger partial charge in [0.25, 0.3) is 0 Å². The van der Waals surface area contributed by atoms with E-state index in [2.05, 4.69) is 4.98 Å². The lowest BCUT2D eigenvalue weighted by molar-refractivity contribution is 0.463. The molecule has 0 amide bonds. The van der Waals surface area contributed by atoms with Crippen LogP contribution in [0.2, 0.25) is 15.1 Å². The highest BCUT2D eigenvalue weighted by Crippen LogP contribution is 2.34. The monoisotopic (exact) mass is 288 g/mol. The largest absolute Gasteiger partial charge is 0.436 e. The van der Waals surface area contributed by atoms with Crippen molar-refractivity contribution in [3.05, 3.63) is 45.5 Å². The normalized spacial score (nSPS) is 10.3. The first-order valence-electron chi connectivity index (χ1n) is 4.60. The summed E-state index contributed by atoms with van der Waals surface area (Å²) in [6.45, 7) is 0. The summed E-state index contributed by atoms with van der Waals surface area (Å²) >= 11 is 17.7. The molecule has 0 atom stereocenters. The average Bonchev–Trinajstić information content (AvgIpc) is 2.27. The molecule has 0 saturated carbocycles. The molecule has 2 rings (SSSR count). The molecule has 0 aliphatic carbocycles. The Balaban J connectivity index is 2.34. The second-order valence-electron chi connectivity index (χ2n) is 3.23. The molecule has 3 nitrogen and oxygen atoms in total. The third kappa shape index (κ3) is 2.94. The summed E-state index contributed by atoms with van der Waals surface area (Å²) in [5.74, 6) is 0.614. The molecule has 0 aliphatic heterocycles. The second kappa shape index (κ2) is 5.00. The topological polar surface area (TPSA) is 48.1 Å². The summed E-state index contributed by atoms with van der Waals surface area (Å²) in [5, 5.41) is 1.24. The van der Waals surface area contributed by atoms with Gasteiger partial charge in [-0.25, -0.2) is 4.98 Å². The molecule has 0 unspecified atom stereocenters. The van der Waals surface area contributed by atoms with Crippen LogP contribution in [0.5, 0.6) is 11.6 Å². The highest BCUT2D eigenvalue weighted by atomic mass is 35.5. The van der Waals surface area contributed by atoms with E-state index in [1.54, 1.807) is 24.3 Å². The molecule has 2 aromatic rings. The third-order valence-corrected chi connectivity index (χ3v) is 2.75. The van der Waals surface area contributed by atoms with E-state index >= 15 is 0 Å². The van der Waals surface area contributed by atoms with Crippen LogP contribution in [0.15, 0.2) is 30.5 Å². The van der Waals surface area contributed by atoms with Gasteiger partial charge in [-0.2, -0.15) is 0 Å². The number of benzene rings is 1. The van der Waals surface area contributed by atoms with E-state index in [-0.39, 0.29) is 5.88 Å². The quantitative estimate of drug-likeness (QED) is 0.890. The number of pyridine rings is 1. The molecule has 0 saturated heterocycles. The van der Waals surface area contributed by atoms with Gasteiger partial charge in [0, 0.05) is 11.1 Å². The smallest absolute Gasteiger partial charge is 0.238 e. The predicted molar refractivity (Wildman–Crippen MR) is 70.2 cm³/mol. The summed E-state index contributed by atoms with van der Waals surface area (Å²) < 4.78 is 5.46. The maximum atomic E-state index is 5.95. The van der Waals surface area contributed by atoms with Crippen molar-refractivity contribution in [3.63, 3.8) is 0 Å². The standard InChI is InChI=1S/C11H7Cl3N2O/c12-6-1-2-8(13)10(3-6)17-11-9(14)4-7(15)5-16-11/h1-5H,15H2. The fourth-order valence-electron chi connectivity index (χ4n) is 1.17. The van der Waals surface area contributed by atoms with Crippen LogP contribution in [0.4, 0.5) is 5.69 Å². The molecule has 88 valence electrons. The van der Waals surface area contributed by atoms with Gasteiger partial charge in [0.1, 0.15) is 10.8 Å². The number of rotatable bonds is 2. The molecule has 0 fully saturated rings. The minimum absolute atomic E-state index is 0.227. The van der Waals surface area contributed by atoms with Gasteiger partial charge in [0.2, 0.25) is 5.88 Å². The summed E-state index contributed by atoms with van der Waals surface area (Å²) in [6.07, 6.45) is 1.44. The number of halogens is 3. The van der Waals surface area contributed by atoms with Gasteiger partial charge < -0.3 is 10.5 Å². The predicted octanol–water partition coefficient (Wildman–Crippen LogP) is 4.42. The first-order valence-corrected chi connectivity index (χ1v) is 5.73. The van der Waals surface area contributed by atoms with Crippen LogP contribution in [0.1, 0.15) is 0 Å². The summed E-state index contributed by atoms with van der Waals surface area (Å²) in [6, 6.07) is 6.42. The van der Waals surface area contributed by atoms with Crippen molar-refractivity contribution in [2.75, 3.05) is 5.73 Å². The molecule has 1 aromatic heterocycles. The van der Waals surface area contributed by atoms with E-state index in [0.717, 1.165) is 0 Å². The van der Waals surface area contributed by atoms with Crippen LogP contribution in [0.3, 0.4) is 0 Å². The van der Waals surface area contributed by atoms with Crippen LogP contribution in [-0.2, 0) is 0 Å². The lowest BCUT2D eigenvalue weighted by Crippen LogP contribution is -1.92. The van der Waals surface area contributed by atoms with E-state index < -0.39 is 0 Å². The fourth-order valence-corrected chi connectivity index (χ4v) is 1.71. The van der Waals surface area contributed by atoms with E-state index in [1.807, 2.05) is 0 Å². The van der Waals surface area contributed by atoms with Crippen molar-refractivity contribution in [2.45, 2.75) is 0 Å². The zero-order valence-electron chi connectivity index (χ0n) is 8.45. The van der Waals surface area contributed by atoms with E-state index in [9.17, 15) is 0 Å². The molecule has 0 aliphatic rings. The summed E-state index contributed by atoms with van der Waals surface area (Å²) in [4.78, 5) is 3.96. The Hall–Kier alpha value is -1.16. The number of nitrogen functional groups attached to an aromatic ring is 1. The first kappa shape index (κ1) is 12.3. The minimum atomic E-state index is 0.227. The van der Waals surface area contributed by atoms with Gasteiger partial charge in [-0.15, -0.1) is 0 Å². The molecule has 0 bridgehead atoms. The van der Waals surface area contributed by atoms with Crippen molar-refractivity contribution < 1.29 is 4.74 Å². The minimum Gasteiger partial charge on any atom is -0.436 e. The van der Waals surface area contributed by atoms with Crippen molar-refractivity contribution in [1.82, 2.24) is 4.98 Å². The maximum Gasteiger partial charge on any atom is 0.238 e. The van der Waals surface area contributed by atoms with Gasteiger partial charge in [0.05, 0.1) is 16.9 Å². The zero-order chi connectivity index (χ0) is 12.4. The average molecular weight is 290 g/mol. The molecule has 1 aromatic carbocycles. The number of hydrogen-bond donors (Lipinski definition) is 1. The van der Waals surface area contributed by atoms with Crippen molar-refractivity contribution >= 4 is 40.5 Å².